The molecular formula is C10H6Cl2N4. The maximum atomic E-state index is 8.75. The summed E-state index contributed by atoms with van der Waals surface area (Å²) in [6.07, 6.45) is 1.40. The Labute approximate surface area is 102 Å². The van der Waals surface area contributed by atoms with Crippen molar-refractivity contribution in [2.24, 2.45) is 0 Å². The highest BCUT2D eigenvalue weighted by Gasteiger charge is 2.09. The second-order valence-electron chi connectivity index (χ2n) is 3.07. The van der Waals surface area contributed by atoms with E-state index in [2.05, 4.69) is 5.10 Å². The molecule has 0 aliphatic carbocycles. The van der Waals surface area contributed by atoms with E-state index in [0.717, 1.165) is 0 Å². The van der Waals surface area contributed by atoms with Crippen LogP contribution in [0.1, 0.15) is 5.56 Å². The SMILES string of the molecule is N#Cc1cnn(-c2ccc(Cl)c(Cl)c2)c1N. The molecule has 0 amide bonds. The number of hydrogen-bond acceptors (Lipinski definition) is 3. The fourth-order valence-electron chi connectivity index (χ4n) is 1.27. The van der Waals surface area contributed by atoms with Gasteiger partial charge in [0, 0.05) is 0 Å². The molecule has 0 spiro atoms. The smallest absolute Gasteiger partial charge is 0.145 e. The topological polar surface area (TPSA) is 67.6 Å². The predicted octanol–water partition coefficient (Wildman–Crippen LogP) is 2.63. The number of hydrogen-bond donors (Lipinski definition) is 1. The summed E-state index contributed by atoms with van der Waals surface area (Å²) >= 11 is 11.7. The molecule has 0 unspecified atom stereocenters. The molecule has 1 aromatic heterocycles. The number of benzene rings is 1. The van der Waals surface area contributed by atoms with Crippen molar-refractivity contribution in [3.63, 3.8) is 0 Å². The average Bonchev–Trinajstić information content (AvgIpc) is 2.64. The average molecular weight is 253 g/mol. The molecule has 0 aliphatic rings. The molecular weight excluding hydrogens is 247 g/mol. The van der Waals surface area contributed by atoms with Crippen LogP contribution in [0, 0.1) is 11.3 Å². The number of rotatable bonds is 1. The van der Waals surface area contributed by atoms with E-state index in [1.165, 1.54) is 10.9 Å². The molecule has 0 atom stereocenters. The van der Waals surface area contributed by atoms with Gasteiger partial charge in [-0.2, -0.15) is 10.4 Å². The van der Waals surface area contributed by atoms with Crippen LogP contribution >= 0.6 is 23.2 Å². The molecule has 0 bridgehead atoms. The van der Waals surface area contributed by atoms with E-state index in [9.17, 15) is 0 Å². The van der Waals surface area contributed by atoms with E-state index < -0.39 is 0 Å². The van der Waals surface area contributed by atoms with Crippen LogP contribution in [-0.2, 0) is 0 Å². The molecule has 16 heavy (non-hydrogen) atoms. The van der Waals surface area contributed by atoms with Gasteiger partial charge in [0.15, 0.2) is 0 Å². The molecule has 6 heteroatoms. The predicted molar refractivity (Wildman–Crippen MR) is 62.7 cm³/mol. The molecule has 2 N–H and O–H groups in total. The van der Waals surface area contributed by atoms with Gasteiger partial charge in [0.2, 0.25) is 0 Å². The Balaban J connectivity index is 2.55. The molecule has 2 rings (SSSR count). The molecule has 1 aromatic carbocycles. The van der Waals surface area contributed by atoms with Crippen molar-refractivity contribution in [1.82, 2.24) is 9.78 Å². The van der Waals surface area contributed by atoms with Gasteiger partial charge in [-0.05, 0) is 18.2 Å². The summed E-state index contributed by atoms with van der Waals surface area (Å²) < 4.78 is 1.43. The lowest BCUT2D eigenvalue weighted by Gasteiger charge is -2.05. The van der Waals surface area contributed by atoms with Gasteiger partial charge in [-0.3, -0.25) is 0 Å². The number of nitriles is 1. The first-order valence-corrected chi connectivity index (χ1v) is 5.08. The van der Waals surface area contributed by atoms with Gasteiger partial charge in [-0.25, -0.2) is 4.68 Å². The number of anilines is 1. The lowest BCUT2D eigenvalue weighted by Crippen LogP contribution is -2.02. The molecule has 0 radical (unpaired) electrons. The summed E-state index contributed by atoms with van der Waals surface area (Å²) in [5.74, 6) is 0.279. The maximum absolute atomic E-state index is 8.75. The van der Waals surface area contributed by atoms with Crippen molar-refractivity contribution in [2.45, 2.75) is 0 Å². The van der Waals surface area contributed by atoms with Gasteiger partial charge >= 0.3 is 0 Å². The molecule has 4 nitrogen and oxygen atoms in total. The minimum absolute atomic E-state index is 0.279. The van der Waals surface area contributed by atoms with E-state index in [4.69, 9.17) is 34.2 Å². The maximum Gasteiger partial charge on any atom is 0.145 e. The van der Waals surface area contributed by atoms with Crippen LogP contribution in [-0.4, -0.2) is 9.78 Å². The molecule has 0 aliphatic heterocycles. The lowest BCUT2D eigenvalue weighted by molar-refractivity contribution is 0.891. The first-order chi connectivity index (χ1) is 7.63. The van der Waals surface area contributed by atoms with Crippen molar-refractivity contribution in [1.29, 1.82) is 5.26 Å². The fourth-order valence-corrected chi connectivity index (χ4v) is 1.56. The monoisotopic (exact) mass is 252 g/mol. The quantitative estimate of drug-likeness (QED) is 0.849. The summed E-state index contributed by atoms with van der Waals surface area (Å²) in [5.41, 5.74) is 6.72. The van der Waals surface area contributed by atoms with E-state index in [0.29, 0.717) is 21.3 Å². The van der Waals surface area contributed by atoms with Crippen molar-refractivity contribution in [2.75, 3.05) is 5.73 Å². The Kier molecular flexibility index (Phi) is 2.73. The zero-order valence-corrected chi connectivity index (χ0v) is 9.50. The van der Waals surface area contributed by atoms with Crippen LogP contribution in [0.25, 0.3) is 5.69 Å². The first-order valence-electron chi connectivity index (χ1n) is 4.32. The molecule has 0 saturated heterocycles. The van der Waals surface area contributed by atoms with Gasteiger partial charge < -0.3 is 5.73 Å². The molecule has 0 fully saturated rings. The van der Waals surface area contributed by atoms with Gasteiger partial charge in [0.05, 0.1) is 21.9 Å². The summed E-state index contributed by atoms with van der Waals surface area (Å²) in [5, 5.41) is 13.6. The van der Waals surface area contributed by atoms with E-state index in [1.807, 2.05) is 6.07 Å². The summed E-state index contributed by atoms with van der Waals surface area (Å²) in [6, 6.07) is 6.94. The summed E-state index contributed by atoms with van der Waals surface area (Å²) in [7, 11) is 0. The van der Waals surface area contributed by atoms with Crippen LogP contribution in [0.5, 0.6) is 0 Å². The van der Waals surface area contributed by atoms with Crippen molar-refractivity contribution < 1.29 is 0 Å². The number of nitrogens with two attached hydrogens (primary N) is 1. The minimum Gasteiger partial charge on any atom is -0.382 e. The van der Waals surface area contributed by atoms with Crippen molar-refractivity contribution >= 4 is 29.0 Å². The van der Waals surface area contributed by atoms with Crippen molar-refractivity contribution in [3.8, 4) is 11.8 Å². The van der Waals surface area contributed by atoms with E-state index in [-0.39, 0.29) is 5.82 Å². The Morgan fingerprint density at radius 2 is 2.06 bits per heavy atom. The Hall–Kier alpha value is -1.70. The van der Waals surface area contributed by atoms with E-state index in [1.54, 1.807) is 18.2 Å². The zero-order chi connectivity index (χ0) is 11.7. The number of aromatic nitrogens is 2. The van der Waals surface area contributed by atoms with Crippen LogP contribution in [0.3, 0.4) is 0 Å². The number of nitrogens with zero attached hydrogens (tertiary/aromatic N) is 3. The lowest BCUT2D eigenvalue weighted by atomic mass is 10.3. The third kappa shape index (κ3) is 1.71. The van der Waals surface area contributed by atoms with Crippen LogP contribution in [0.2, 0.25) is 10.0 Å². The highest BCUT2D eigenvalue weighted by Crippen LogP contribution is 2.25. The van der Waals surface area contributed by atoms with Crippen molar-refractivity contribution in [3.05, 3.63) is 40.0 Å². The molecule has 0 saturated carbocycles. The standard InChI is InChI=1S/C10H6Cl2N4/c11-8-2-1-7(3-9(8)12)16-10(14)6(4-13)5-15-16/h1-3,5H,14H2. The van der Waals surface area contributed by atoms with Crippen LogP contribution in [0.15, 0.2) is 24.4 Å². The minimum atomic E-state index is 0.279. The fraction of sp³-hybridized carbons (Fsp3) is 0. The Morgan fingerprint density at radius 1 is 1.31 bits per heavy atom. The van der Waals surface area contributed by atoms with Crippen LogP contribution < -0.4 is 5.73 Å². The van der Waals surface area contributed by atoms with Gasteiger partial charge in [0.1, 0.15) is 17.5 Å². The highest BCUT2D eigenvalue weighted by molar-refractivity contribution is 6.42. The van der Waals surface area contributed by atoms with Gasteiger partial charge in [-0.15, -0.1) is 0 Å². The van der Waals surface area contributed by atoms with Crippen LogP contribution in [0.4, 0.5) is 5.82 Å². The number of halogens is 2. The third-order valence-corrected chi connectivity index (χ3v) is 2.81. The third-order valence-electron chi connectivity index (χ3n) is 2.07. The zero-order valence-electron chi connectivity index (χ0n) is 7.98. The van der Waals surface area contributed by atoms with E-state index >= 15 is 0 Å². The molecule has 2 aromatic rings. The Morgan fingerprint density at radius 3 is 2.62 bits per heavy atom. The summed E-state index contributed by atoms with van der Waals surface area (Å²) in [6.45, 7) is 0. The summed E-state index contributed by atoms with van der Waals surface area (Å²) in [4.78, 5) is 0. The largest absolute Gasteiger partial charge is 0.382 e. The highest BCUT2D eigenvalue weighted by atomic mass is 35.5. The molecule has 1 heterocycles. The first kappa shape index (κ1) is 10.8. The molecule has 80 valence electrons. The Bertz CT molecular complexity index is 583. The second-order valence-corrected chi connectivity index (χ2v) is 3.88. The van der Waals surface area contributed by atoms with Gasteiger partial charge in [0.25, 0.3) is 0 Å². The van der Waals surface area contributed by atoms with Gasteiger partial charge in [-0.1, -0.05) is 23.2 Å². The normalized spacial score (nSPS) is 10.1. The second kappa shape index (κ2) is 4.05. The number of nitrogen functional groups attached to an aromatic ring is 1.